The van der Waals surface area contributed by atoms with Crippen LogP contribution in [0.5, 0.6) is 0 Å². The van der Waals surface area contributed by atoms with Crippen LogP contribution in [0.2, 0.25) is 0 Å². The fourth-order valence-corrected chi connectivity index (χ4v) is 4.83. The van der Waals surface area contributed by atoms with Crippen LogP contribution in [-0.2, 0) is 19.1 Å². The number of nitrogens with one attached hydrogen (secondary N) is 1. The van der Waals surface area contributed by atoms with Gasteiger partial charge in [0.2, 0.25) is 5.91 Å². The summed E-state index contributed by atoms with van der Waals surface area (Å²) < 4.78 is 10.6. The van der Waals surface area contributed by atoms with Crippen molar-refractivity contribution >= 4 is 18.0 Å². The number of amides is 2. The number of aliphatic carboxylic acids is 1. The number of alkyl carbamates (subject to hydrolysis) is 1. The lowest BCUT2D eigenvalue weighted by atomic mass is 9.88. The SMILES string of the molecule is COCCN(CC(=O)O)C(=O)C(C(C)C)C(C)NC(=O)OCC1c2ccccc2-c2ccccc21. The maximum absolute atomic E-state index is 13.2. The smallest absolute Gasteiger partial charge is 0.407 e. The van der Waals surface area contributed by atoms with Crippen molar-refractivity contribution in [1.29, 1.82) is 0 Å². The molecule has 0 saturated heterocycles. The standard InChI is InChI=1S/C27H34N2O6/c1-17(2)25(26(32)29(13-14-34-4)15-24(30)31)18(3)28-27(33)35-16-23-21-11-7-5-9-19(21)20-10-6-8-12-22(20)23/h5-12,17-18,23,25H,13-16H2,1-4H3,(H,28,33)(H,30,31). The number of carbonyl (C=O) groups excluding carboxylic acids is 2. The molecular weight excluding hydrogens is 448 g/mol. The minimum atomic E-state index is -1.10. The lowest BCUT2D eigenvalue weighted by Crippen LogP contribution is -2.50. The number of carboxylic acids is 1. The Balaban J connectivity index is 1.66. The third-order valence-electron chi connectivity index (χ3n) is 6.43. The number of benzene rings is 2. The lowest BCUT2D eigenvalue weighted by molar-refractivity contribution is -0.148. The summed E-state index contributed by atoms with van der Waals surface area (Å²) in [5.74, 6) is -2.26. The van der Waals surface area contributed by atoms with Crippen LogP contribution < -0.4 is 5.32 Å². The Labute approximate surface area is 206 Å². The zero-order valence-electron chi connectivity index (χ0n) is 20.7. The Morgan fingerprint density at radius 1 is 1.00 bits per heavy atom. The molecule has 0 radical (unpaired) electrons. The van der Waals surface area contributed by atoms with Crippen LogP contribution in [0, 0.1) is 11.8 Å². The average molecular weight is 483 g/mol. The number of ether oxygens (including phenoxy) is 2. The predicted octanol–water partition coefficient (Wildman–Crippen LogP) is 3.75. The average Bonchev–Trinajstić information content (AvgIpc) is 3.13. The van der Waals surface area contributed by atoms with Gasteiger partial charge in [-0.15, -0.1) is 0 Å². The Morgan fingerprint density at radius 3 is 2.09 bits per heavy atom. The first kappa shape index (κ1) is 26.2. The van der Waals surface area contributed by atoms with E-state index in [9.17, 15) is 19.5 Å². The molecule has 0 fully saturated rings. The van der Waals surface area contributed by atoms with E-state index in [-0.39, 0.29) is 37.5 Å². The second kappa shape index (κ2) is 11.8. The van der Waals surface area contributed by atoms with Gasteiger partial charge in [-0.05, 0) is 35.1 Å². The molecule has 0 spiro atoms. The molecular formula is C27H34N2O6. The second-order valence-electron chi connectivity index (χ2n) is 9.17. The number of fused-ring (bicyclic) bond motifs is 3. The van der Waals surface area contributed by atoms with Crippen LogP contribution in [0.25, 0.3) is 11.1 Å². The van der Waals surface area contributed by atoms with Crippen molar-refractivity contribution in [1.82, 2.24) is 10.2 Å². The quantitative estimate of drug-likeness (QED) is 0.506. The van der Waals surface area contributed by atoms with Crippen molar-refractivity contribution in [2.45, 2.75) is 32.7 Å². The minimum absolute atomic E-state index is 0.0638. The molecule has 2 N–H and O–H groups in total. The Morgan fingerprint density at radius 2 is 1.57 bits per heavy atom. The van der Waals surface area contributed by atoms with Crippen molar-refractivity contribution < 1.29 is 29.0 Å². The van der Waals surface area contributed by atoms with Crippen molar-refractivity contribution in [2.24, 2.45) is 11.8 Å². The highest BCUT2D eigenvalue weighted by atomic mass is 16.5. The van der Waals surface area contributed by atoms with Crippen molar-refractivity contribution in [3.05, 3.63) is 59.7 Å². The van der Waals surface area contributed by atoms with Crippen LogP contribution in [0.1, 0.15) is 37.8 Å². The molecule has 1 aliphatic carbocycles. The van der Waals surface area contributed by atoms with E-state index in [0.717, 1.165) is 22.3 Å². The van der Waals surface area contributed by atoms with E-state index in [1.807, 2.05) is 38.1 Å². The summed E-state index contributed by atoms with van der Waals surface area (Å²) in [5, 5.41) is 12.0. The zero-order valence-corrected chi connectivity index (χ0v) is 20.7. The van der Waals surface area contributed by atoms with Gasteiger partial charge in [0.05, 0.1) is 12.5 Å². The first-order chi connectivity index (χ1) is 16.7. The molecule has 2 unspecified atom stereocenters. The van der Waals surface area contributed by atoms with E-state index >= 15 is 0 Å². The van der Waals surface area contributed by atoms with Gasteiger partial charge in [-0.1, -0.05) is 62.4 Å². The van der Waals surface area contributed by atoms with Gasteiger partial charge in [0.25, 0.3) is 0 Å². The summed E-state index contributed by atoms with van der Waals surface area (Å²) >= 11 is 0. The highest BCUT2D eigenvalue weighted by Crippen LogP contribution is 2.44. The highest BCUT2D eigenvalue weighted by molar-refractivity contribution is 5.84. The molecule has 2 aromatic carbocycles. The predicted molar refractivity (Wildman–Crippen MR) is 132 cm³/mol. The van der Waals surface area contributed by atoms with Gasteiger partial charge < -0.3 is 24.8 Å². The molecule has 188 valence electrons. The molecule has 0 saturated carbocycles. The summed E-state index contributed by atoms with van der Waals surface area (Å²) in [5.41, 5.74) is 4.52. The first-order valence-corrected chi connectivity index (χ1v) is 11.9. The molecule has 0 bridgehead atoms. The molecule has 8 heteroatoms. The number of carboxylic acid groups (broad SMARTS) is 1. The maximum Gasteiger partial charge on any atom is 0.407 e. The molecule has 2 atom stereocenters. The number of methoxy groups -OCH3 is 1. The minimum Gasteiger partial charge on any atom is -0.480 e. The van der Waals surface area contributed by atoms with Gasteiger partial charge in [0, 0.05) is 25.6 Å². The number of carbonyl (C=O) groups is 3. The largest absolute Gasteiger partial charge is 0.480 e. The fraction of sp³-hybridized carbons (Fsp3) is 0.444. The summed E-state index contributed by atoms with van der Waals surface area (Å²) in [7, 11) is 1.49. The molecule has 0 aromatic heterocycles. The van der Waals surface area contributed by atoms with E-state index < -0.39 is 30.6 Å². The van der Waals surface area contributed by atoms with E-state index in [0.29, 0.717) is 0 Å². The van der Waals surface area contributed by atoms with Gasteiger partial charge in [-0.2, -0.15) is 0 Å². The second-order valence-corrected chi connectivity index (χ2v) is 9.17. The molecule has 1 aliphatic rings. The Bertz CT molecular complexity index is 1010. The van der Waals surface area contributed by atoms with Gasteiger partial charge in [0.1, 0.15) is 13.2 Å². The van der Waals surface area contributed by atoms with Crippen molar-refractivity contribution in [2.75, 3.05) is 33.4 Å². The van der Waals surface area contributed by atoms with Gasteiger partial charge in [-0.3, -0.25) is 9.59 Å². The molecule has 2 amide bonds. The van der Waals surface area contributed by atoms with E-state index in [1.54, 1.807) is 6.92 Å². The Kier molecular flexibility index (Phi) is 8.87. The van der Waals surface area contributed by atoms with Gasteiger partial charge >= 0.3 is 12.1 Å². The first-order valence-electron chi connectivity index (χ1n) is 11.9. The summed E-state index contributed by atoms with van der Waals surface area (Å²) in [6.07, 6.45) is -0.612. The molecule has 0 heterocycles. The van der Waals surface area contributed by atoms with E-state index in [1.165, 1.54) is 12.0 Å². The van der Waals surface area contributed by atoms with Crippen LogP contribution in [0.4, 0.5) is 4.79 Å². The van der Waals surface area contributed by atoms with E-state index in [4.69, 9.17) is 9.47 Å². The fourth-order valence-electron chi connectivity index (χ4n) is 4.83. The number of hydrogen-bond donors (Lipinski definition) is 2. The molecule has 8 nitrogen and oxygen atoms in total. The molecule has 35 heavy (non-hydrogen) atoms. The van der Waals surface area contributed by atoms with E-state index in [2.05, 4.69) is 29.6 Å². The maximum atomic E-state index is 13.2. The Hall–Kier alpha value is -3.39. The summed E-state index contributed by atoms with van der Waals surface area (Å²) in [4.78, 5) is 38.5. The van der Waals surface area contributed by atoms with Crippen LogP contribution in [-0.4, -0.2) is 67.4 Å². The number of nitrogens with zero attached hydrogens (tertiary/aromatic N) is 1. The zero-order chi connectivity index (χ0) is 25.5. The summed E-state index contributed by atoms with van der Waals surface area (Å²) in [6.45, 7) is 5.59. The topological polar surface area (TPSA) is 105 Å². The number of rotatable bonds is 11. The van der Waals surface area contributed by atoms with Crippen LogP contribution >= 0.6 is 0 Å². The monoisotopic (exact) mass is 482 g/mol. The summed E-state index contributed by atoms with van der Waals surface area (Å²) in [6, 6.07) is 15.6. The normalized spacial score (nSPS) is 14.1. The molecule has 0 aliphatic heterocycles. The lowest BCUT2D eigenvalue weighted by Gasteiger charge is -2.32. The third kappa shape index (κ3) is 6.19. The number of hydrogen-bond acceptors (Lipinski definition) is 5. The van der Waals surface area contributed by atoms with Gasteiger partial charge in [0.15, 0.2) is 0 Å². The van der Waals surface area contributed by atoms with Crippen molar-refractivity contribution in [3.8, 4) is 11.1 Å². The van der Waals surface area contributed by atoms with Crippen molar-refractivity contribution in [3.63, 3.8) is 0 Å². The molecule has 3 rings (SSSR count). The highest BCUT2D eigenvalue weighted by Gasteiger charge is 2.34. The van der Waals surface area contributed by atoms with Gasteiger partial charge in [-0.25, -0.2) is 4.79 Å². The van der Waals surface area contributed by atoms with Crippen LogP contribution in [0.15, 0.2) is 48.5 Å². The van der Waals surface area contributed by atoms with Crippen LogP contribution in [0.3, 0.4) is 0 Å². The molecule has 2 aromatic rings. The third-order valence-corrected chi connectivity index (χ3v) is 6.43.